The number of fused-ring (bicyclic) bond motifs is 1. The van der Waals surface area contributed by atoms with Gasteiger partial charge >= 0.3 is 6.03 Å². The van der Waals surface area contributed by atoms with Crippen LogP contribution in [0.25, 0.3) is 0 Å². The third-order valence-electron chi connectivity index (χ3n) is 5.31. The molecule has 0 bridgehead atoms. The van der Waals surface area contributed by atoms with Gasteiger partial charge in [-0.2, -0.15) is 5.10 Å². The minimum absolute atomic E-state index is 0.0608. The monoisotopic (exact) mass is 382 g/mol. The number of H-pyrrole nitrogens is 1. The number of nitrogens with zero attached hydrogens (tertiary/aromatic N) is 2. The van der Waals surface area contributed by atoms with Gasteiger partial charge in [-0.15, -0.1) is 0 Å². The van der Waals surface area contributed by atoms with Crippen LogP contribution in [0.4, 0.5) is 16.2 Å². The number of rotatable bonds is 3. The third kappa shape index (κ3) is 4.17. The predicted octanol–water partition coefficient (Wildman–Crippen LogP) is 2.72. The second kappa shape index (κ2) is 8.43. The summed E-state index contributed by atoms with van der Waals surface area (Å²) in [5.41, 5.74) is 3.77. The molecular formula is C20H26N6O2. The summed E-state index contributed by atoms with van der Waals surface area (Å²) in [6.45, 7) is 3.16. The van der Waals surface area contributed by atoms with Gasteiger partial charge in [-0.25, -0.2) is 4.79 Å². The largest absolute Gasteiger partial charge is 0.325 e. The summed E-state index contributed by atoms with van der Waals surface area (Å²) >= 11 is 0. The number of aromatic nitrogens is 2. The molecule has 1 fully saturated rings. The molecular weight excluding hydrogens is 356 g/mol. The first kappa shape index (κ1) is 18.5. The quantitative estimate of drug-likeness (QED) is 0.655. The first-order valence-corrected chi connectivity index (χ1v) is 9.95. The molecule has 1 saturated heterocycles. The lowest BCUT2D eigenvalue weighted by molar-refractivity contribution is 0.102. The van der Waals surface area contributed by atoms with E-state index in [4.69, 9.17) is 0 Å². The number of carbonyl (C=O) groups excluding carboxylic acids is 2. The number of nitrogens with one attached hydrogen (secondary N) is 4. The van der Waals surface area contributed by atoms with E-state index in [0.29, 0.717) is 23.6 Å². The zero-order valence-electron chi connectivity index (χ0n) is 15.9. The summed E-state index contributed by atoms with van der Waals surface area (Å²) in [5, 5.41) is 16.2. The maximum Gasteiger partial charge on any atom is 0.321 e. The minimum atomic E-state index is -0.234. The fraction of sp³-hybridized carbons (Fsp3) is 0.450. The first-order chi connectivity index (χ1) is 13.7. The second-order valence-electron chi connectivity index (χ2n) is 7.32. The van der Waals surface area contributed by atoms with Crippen molar-refractivity contribution in [1.29, 1.82) is 0 Å². The van der Waals surface area contributed by atoms with Crippen LogP contribution in [-0.2, 0) is 13.0 Å². The maximum atomic E-state index is 12.6. The molecule has 4 rings (SSSR count). The van der Waals surface area contributed by atoms with Gasteiger partial charge in [-0.05, 0) is 37.1 Å². The van der Waals surface area contributed by atoms with Crippen LogP contribution in [0.5, 0.6) is 0 Å². The lowest BCUT2D eigenvalue weighted by atomic mass is 10.1. The predicted molar refractivity (Wildman–Crippen MR) is 107 cm³/mol. The molecule has 0 aliphatic carbocycles. The van der Waals surface area contributed by atoms with Crippen LogP contribution in [0.15, 0.2) is 24.3 Å². The van der Waals surface area contributed by atoms with Gasteiger partial charge in [0.1, 0.15) is 0 Å². The van der Waals surface area contributed by atoms with E-state index < -0.39 is 0 Å². The van der Waals surface area contributed by atoms with Crippen LogP contribution in [-0.4, -0.2) is 46.7 Å². The van der Waals surface area contributed by atoms with Gasteiger partial charge in [0.25, 0.3) is 5.91 Å². The molecule has 0 atom stereocenters. The number of amides is 3. The highest BCUT2D eigenvalue weighted by atomic mass is 16.2. The number of carbonyl (C=O) groups is 2. The van der Waals surface area contributed by atoms with Crippen molar-refractivity contribution < 1.29 is 9.59 Å². The molecule has 2 aromatic rings. The van der Waals surface area contributed by atoms with Crippen LogP contribution in [0.2, 0.25) is 0 Å². The van der Waals surface area contributed by atoms with Crippen molar-refractivity contribution >= 4 is 23.3 Å². The van der Waals surface area contributed by atoms with Gasteiger partial charge in [-0.1, -0.05) is 12.8 Å². The normalized spacial score (nSPS) is 16.8. The number of benzene rings is 1. The number of aromatic amines is 1. The van der Waals surface area contributed by atoms with Gasteiger partial charge in [0.15, 0.2) is 5.69 Å². The standard InChI is InChI=1S/C20H26N6O2/c27-19(18-16-13-21-10-9-17(16)24-25-18)22-14-5-7-15(8-6-14)23-20(28)26-11-3-1-2-4-12-26/h5-8,21H,1-4,9-13H2,(H,22,27)(H,23,28)(H,24,25). The molecule has 0 radical (unpaired) electrons. The topological polar surface area (TPSA) is 102 Å². The molecule has 1 aromatic carbocycles. The molecule has 4 N–H and O–H groups in total. The second-order valence-corrected chi connectivity index (χ2v) is 7.32. The molecule has 1 aromatic heterocycles. The number of hydrogen-bond acceptors (Lipinski definition) is 4. The Morgan fingerprint density at radius 1 is 0.964 bits per heavy atom. The van der Waals surface area contributed by atoms with Crippen LogP contribution in [0, 0.1) is 0 Å². The number of likely N-dealkylation sites (tertiary alicyclic amines) is 1. The molecule has 2 aliphatic rings. The molecule has 0 unspecified atom stereocenters. The molecule has 3 heterocycles. The van der Waals surface area contributed by atoms with Crippen molar-refractivity contribution in [2.75, 3.05) is 30.3 Å². The van der Waals surface area contributed by atoms with Gasteiger partial charge in [0.2, 0.25) is 0 Å². The zero-order chi connectivity index (χ0) is 19.3. The fourth-order valence-electron chi connectivity index (χ4n) is 3.72. The average molecular weight is 382 g/mol. The van der Waals surface area contributed by atoms with Gasteiger partial charge in [-0.3, -0.25) is 9.89 Å². The summed E-state index contributed by atoms with van der Waals surface area (Å²) < 4.78 is 0. The minimum Gasteiger partial charge on any atom is -0.325 e. The van der Waals surface area contributed by atoms with E-state index in [1.165, 1.54) is 12.8 Å². The summed E-state index contributed by atoms with van der Waals surface area (Å²) in [7, 11) is 0. The third-order valence-corrected chi connectivity index (χ3v) is 5.31. The van der Waals surface area contributed by atoms with Crippen LogP contribution in [0.1, 0.15) is 47.4 Å². The molecule has 8 nitrogen and oxygen atoms in total. The van der Waals surface area contributed by atoms with Crippen LogP contribution >= 0.6 is 0 Å². The highest BCUT2D eigenvalue weighted by Gasteiger charge is 2.21. The molecule has 28 heavy (non-hydrogen) atoms. The number of anilines is 2. The van der Waals surface area contributed by atoms with Gasteiger partial charge in [0.05, 0.1) is 0 Å². The molecule has 2 aliphatic heterocycles. The fourth-order valence-corrected chi connectivity index (χ4v) is 3.72. The Hall–Kier alpha value is -2.87. The zero-order valence-corrected chi connectivity index (χ0v) is 15.9. The van der Waals surface area contributed by atoms with Crippen LogP contribution in [0.3, 0.4) is 0 Å². The van der Waals surface area contributed by atoms with Crippen molar-refractivity contribution in [2.45, 2.75) is 38.6 Å². The molecule has 3 amide bonds. The smallest absolute Gasteiger partial charge is 0.321 e. The molecule has 0 saturated carbocycles. The van der Waals surface area contributed by atoms with E-state index >= 15 is 0 Å². The van der Waals surface area contributed by atoms with Gasteiger partial charge in [0, 0.05) is 55.2 Å². The van der Waals surface area contributed by atoms with E-state index in [9.17, 15) is 9.59 Å². The van der Waals surface area contributed by atoms with Gasteiger partial charge < -0.3 is 20.9 Å². The van der Waals surface area contributed by atoms with Crippen molar-refractivity contribution in [3.05, 3.63) is 41.2 Å². The van der Waals surface area contributed by atoms with E-state index in [1.807, 2.05) is 4.90 Å². The SMILES string of the molecule is O=C(Nc1ccc(NC(=O)N2CCCCCC2)cc1)c1n[nH]c2c1CNCC2. The maximum absolute atomic E-state index is 12.6. The molecule has 0 spiro atoms. The van der Waals surface area contributed by atoms with Crippen molar-refractivity contribution in [3.8, 4) is 0 Å². The number of hydrogen-bond donors (Lipinski definition) is 4. The summed E-state index contributed by atoms with van der Waals surface area (Å²) in [5.74, 6) is -0.234. The van der Waals surface area contributed by atoms with Crippen molar-refractivity contribution in [3.63, 3.8) is 0 Å². The Balaban J connectivity index is 1.36. The average Bonchev–Trinajstić information content (AvgIpc) is 2.95. The molecule has 8 heteroatoms. The summed E-state index contributed by atoms with van der Waals surface area (Å²) in [6, 6.07) is 7.11. The Kier molecular flexibility index (Phi) is 5.57. The summed E-state index contributed by atoms with van der Waals surface area (Å²) in [4.78, 5) is 26.8. The Bertz CT molecular complexity index is 837. The van der Waals surface area contributed by atoms with Crippen LogP contribution < -0.4 is 16.0 Å². The van der Waals surface area contributed by atoms with Crippen molar-refractivity contribution in [1.82, 2.24) is 20.4 Å². The Labute approximate surface area is 164 Å². The lowest BCUT2D eigenvalue weighted by Gasteiger charge is -2.20. The Morgan fingerprint density at radius 2 is 1.64 bits per heavy atom. The van der Waals surface area contributed by atoms with E-state index in [1.54, 1.807) is 24.3 Å². The summed E-state index contributed by atoms with van der Waals surface area (Å²) in [6.07, 6.45) is 5.34. The first-order valence-electron chi connectivity index (χ1n) is 9.95. The lowest BCUT2D eigenvalue weighted by Crippen LogP contribution is -2.35. The highest BCUT2D eigenvalue weighted by Crippen LogP contribution is 2.19. The Morgan fingerprint density at radius 3 is 2.36 bits per heavy atom. The molecule has 148 valence electrons. The van der Waals surface area contributed by atoms with E-state index in [-0.39, 0.29) is 11.9 Å². The highest BCUT2D eigenvalue weighted by molar-refractivity contribution is 6.04. The van der Waals surface area contributed by atoms with E-state index in [2.05, 4.69) is 26.1 Å². The number of urea groups is 1. The van der Waals surface area contributed by atoms with Crippen molar-refractivity contribution in [2.24, 2.45) is 0 Å². The van der Waals surface area contributed by atoms with E-state index in [0.717, 1.165) is 50.2 Å².